The Bertz CT molecular complexity index is 942. The van der Waals surface area contributed by atoms with Crippen molar-refractivity contribution in [2.45, 2.75) is 19.3 Å². The first-order valence-corrected chi connectivity index (χ1v) is 9.90. The summed E-state index contributed by atoms with van der Waals surface area (Å²) in [6.45, 7) is 3.15. The molecule has 1 unspecified atom stereocenters. The Morgan fingerprint density at radius 1 is 1.23 bits per heavy atom. The van der Waals surface area contributed by atoms with Gasteiger partial charge in [-0.1, -0.05) is 0 Å². The Morgan fingerprint density at radius 2 is 2.12 bits per heavy atom. The van der Waals surface area contributed by atoms with Gasteiger partial charge in [0, 0.05) is 37.8 Å². The first-order chi connectivity index (χ1) is 12.8. The summed E-state index contributed by atoms with van der Waals surface area (Å²) in [5, 5.41) is 9.20. The van der Waals surface area contributed by atoms with Crippen LogP contribution in [0.4, 0.5) is 5.82 Å². The van der Waals surface area contributed by atoms with Gasteiger partial charge in [-0.05, 0) is 36.3 Å². The Kier molecular flexibility index (Phi) is 3.85. The number of hydrogen-bond acceptors (Lipinski definition) is 6. The van der Waals surface area contributed by atoms with Crippen LogP contribution < -0.4 is 4.90 Å². The van der Waals surface area contributed by atoms with Gasteiger partial charge >= 0.3 is 0 Å². The first kappa shape index (κ1) is 15.7. The van der Waals surface area contributed by atoms with Gasteiger partial charge < -0.3 is 9.80 Å². The third kappa shape index (κ3) is 2.65. The SMILES string of the molecule is O=C(C1CCc2[nH]ncc2C1)N1CCN(c2ncnc3ccsc23)CC1. The lowest BCUT2D eigenvalue weighted by atomic mass is 9.87. The van der Waals surface area contributed by atoms with E-state index in [-0.39, 0.29) is 5.92 Å². The van der Waals surface area contributed by atoms with Crippen LogP contribution in [0.5, 0.6) is 0 Å². The maximum atomic E-state index is 13.0. The highest BCUT2D eigenvalue weighted by molar-refractivity contribution is 7.17. The fraction of sp³-hybridized carbons (Fsp3) is 0.444. The molecule has 0 saturated carbocycles. The molecule has 0 bridgehead atoms. The minimum Gasteiger partial charge on any atom is -0.352 e. The monoisotopic (exact) mass is 368 g/mol. The molecule has 3 aromatic heterocycles. The van der Waals surface area contributed by atoms with E-state index < -0.39 is 0 Å². The topological polar surface area (TPSA) is 78.0 Å². The highest BCUT2D eigenvalue weighted by Crippen LogP contribution is 2.29. The molecule has 5 rings (SSSR count). The summed E-state index contributed by atoms with van der Waals surface area (Å²) in [6, 6.07) is 2.03. The Balaban J connectivity index is 1.26. The summed E-state index contributed by atoms with van der Waals surface area (Å²) >= 11 is 1.68. The molecule has 0 radical (unpaired) electrons. The van der Waals surface area contributed by atoms with Crippen LogP contribution in [0.25, 0.3) is 10.2 Å². The van der Waals surface area contributed by atoms with Crippen LogP contribution in [-0.2, 0) is 17.6 Å². The number of hydrogen-bond donors (Lipinski definition) is 1. The maximum Gasteiger partial charge on any atom is 0.226 e. The molecule has 1 saturated heterocycles. The maximum absolute atomic E-state index is 13.0. The molecular formula is C18H20N6OS. The molecule has 1 amide bonds. The van der Waals surface area contributed by atoms with E-state index in [1.807, 2.05) is 17.2 Å². The summed E-state index contributed by atoms with van der Waals surface area (Å²) in [7, 11) is 0. The average Bonchev–Trinajstić information content (AvgIpc) is 3.35. The molecule has 0 spiro atoms. The molecule has 2 aliphatic rings. The Hall–Kier alpha value is -2.48. The van der Waals surface area contributed by atoms with Gasteiger partial charge in [-0.2, -0.15) is 5.10 Å². The van der Waals surface area contributed by atoms with Crippen molar-refractivity contribution in [1.29, 1.82) is 0 Å². The van der Waals surface area contributed by atoms with Gasteiger partial charge in [-0.15, -0.1) is 11.3 Å². The zero-order valence-corrected chi connectivity index (χ0v) is 15.2. The van der Waals surface area contributed by atoms with E-state index in [9.17, 15) is 4.79 Å². The molecule has 0 aromatic carbocycles. The summed E-state index contributed by atoms with van der Waals surface area (Å²) in [6.07, 6.45) is 6.14. The number of rotatable bonds is 2. The number of aromatic nitrogens is 4. The van der Waals surface area contributed by atoms with Gasteiger partial charge in [0.15, 0.2) is 0 Å². The van der Waals surface area contributed by atoms with E-state index in [0.717, 1.165) is 61.5 Å². The average molecular weight is 368 g/mol. The summed E-state index contributed by atoms with van der Waals surface area (Å²) < 4.78 is 1.13. The zero-order chi connectivity index (χ0) is 17.5. The van der Waals surface area contributed by atoms with Crippen LogP contribution in [0, 0.1) is 5.92 Å². The third-order valence-electron chi connectivity index (χ3n) is 5.48. The van der Waals surface area contributed by atoms with E-state index in [1.54, 1.807) is 17.7 Å². The number of nitrogens with one attached hydrogen (secondary N) is 1. The molecule has 8 heteroatoms. The fourth-order valence-corrected chi connectivity index (χ4v) is 4.89. The minimum atomic E-state index is 0.0923. The second-order valence-corrected chi connectivity index (χ2v) is 7.87. The van der Waals surface area contributed by atoms with Crippen molar-refractivity contribution in [1.82, 2.24) is 25.1 Å². The highest BCUT2D eigenvalue weighted by Gasteiger charge is 2.31. The quantitative estimate of drug-likeness (QED) is 0.747. The Labute approximate surface area is 155 Å². The van der Waals surface area contributed by atoms with Crippen LogP contribution in [-0.4, -0.2) is 57.2 Å². The second kappa shape index (κ2) is 6.35. The molecule has 1 N–H and O–H groups in total. The zero-order valence-electron chi connectivity index (χ0n) is 14.4. The number of H-pyrrole nitrogens is 1. The van der Waals surface area contributed by atoms with E-state index in [0.29, 0.717) is 5.91 Å². The van der Waals surface area contributed by atoms with Crippen LogP contribution in [0.2, 0.25) is 0 Å². The number of aryl methyl sites for hydroxylation is 1. The molecular weight excluding hydrogens is 348 g/mol. The number of aromatic amines is 1. The van der Waals surface area contributed by atoms with Crippen LogP contribution >= 0.6 is 11.3 Å². The smallest absolute Gasteiger partial charge is 0.226 e. The number of carbonyl (C=O) groups excluding carboxylic acids is 1. The molecule has 4 heterocycles. The van der Waals surface area contributed by atoms with Crippen molar-refractivity contribution in [3.8, 4) is 0 Å². The number of piperazine rings is 1. The third-order valence-corrected chi connectivity index (χ3v) is 6.38. The molecule has 1 fully saturated rings. The number of thiophene rings is 1. The highest BCUT2D eigenvalue weighted by atomic mass is 32.1. The van der Waals surface area contributed by atoms with Crippen molar-refractivity contribution < 1.29 is 4.79 Å². The normalized spacial score (nSPS) is 20.4. The van der Waals surface area contributed by atoms with Crippen molar-refractivity contribution in [3.05, 3.63) is 35.2 Å². The molecule has 1 aliphatic heterocycles. The molecule has 26 heavy (non-hydrogen) atoms. The number of amides is 1. The van der Waals surface area contributed by atoms with Crippen molar-refractivity contribution in [3.63, 3.8) is 0 Å². The minimum absolute atomic E-state index is 0.0923. The van der Waals surface area contributed by atoms with Gasteiger partial charge in [0.2, 0.25) is 5.91 Å². The largest absolute Gasteiger partial charge is 0.352 e. The molecule has 3 aromatic rings. The second-order valence-electron chi connectivity index (χ2n) is 6.96. The van der Waals surface area contributed by atoms with Crippen molar-refractivity contribution >= 4 is 33.3 Å². The summed E-state index contributed by atoms with van der Waals surface area (Å²) in [5.74, 6) is 1.38. The van der Waals surface area contributed by atoms with Crippen molar-refractivity contribution in [2.75, 3.05) is 31.1 Å². The standard InChI is InChI=1S/C18H20N6OS/c25-18(12-1-2-14-13(9-12)10-21-22-14)24-6-4-23(5-7-24)17-16-15(3-8-26-16)19-11-20-17/h3,8,10-12H,1-2,4-7,9H2,(H,21,22). The van der Waals surface area contributed by atoms with E-state index in [4.69, 9.17) is 0 Å². The predicted molar refractivity (Wildman–Crippen MR) is 100 cm³/mol. The first-order valence-electron chi connectivity index (χ1n) is 9.02. The molecule has 1 atom stereocenters. The lowest BCUT2D eigenvalue weighted by molar-refractivity contribution is -0.136. The van der Waals surface area contributed by atoms with E-state index in [1.165, 1.54) is 11.3 Å². The lowest BCUT2D eigenvalue weighted by Crippen LogP contribution is -2.51. The molecule has 134 valence electrons. The van der Waals surface area contributed by atoms with Crippen LogP contribution in [0.3, 0.4) is 0 Å². The number of fused-ring (bicyclic) bond motifs is 2. The van der Waals surface area contributed by atoms with E-state index in [2.05, 4.69) is 30.4 Å². The van der Waals surface area contributed by atoms with Crippen LogP contribution in [0.1, 0.15) is 17.7 Å². The summed E-state index contributed by atoms with van der Waals surface area (Å²) in [4.78, 5) is 26.1. The van der Waals surface area contributed by atoms with Gasteiger partial charge in [0.25, 0.3) is 0 Å². The predicted octanol–water partition coefficient (Wildman–Crippen LogP) is 1.87. The van der Waals surface area contributed by atoms with Gasteiger partial charge in [0.1, 0.15) is 12.1 Å². The number of carbonyl (C=O) groups is 1. The summed E-state index contributed by atoms with van der Waals surface area (Å²) in [5.41, 5.74) is 3.40. The van der Waals surface area contributed by atoms with Gasteiger partial charge in [0.05, 0.1) is 16.4 Å². The lowest BCUT2D eigenvalue weighted by Gasteiger charge is -2.37. The number of nitrogens with zero attached hydrogens (tertiary/aromatic N) is 5. The van der Waals surface area contributed by atoms with Gasteiger partial charge in [-0.25, -0.2) is 9.97 Å². The molecule has 7 nitrogen and oxygen atoms in total. The Morgan fingerprint density at radius 3 is 3.00 bits per heavy atom. The van der Waals surface area contributed by atoms with Gasteiger partial charge in [-0.3, -0.25) is 9.89 Å². The number of anilines is 1. The van der Waals surface area contributed by atoms with E-state index >= 15 is 0 Å². The van der Waals surface area contributed by atoms with Crippen LogP contribution in [0.15, 0.2) is 24.0 Å². The fourth-order valence-electron chi connectivity index (χ4n) is 4.03. The molecule has 1 aliphatic carbocycles. The van der Waals surface area contributed by atoms with Crippen molar-refractivity contribution in [2.24, 2.45) is 5.92 Å².